The summed E-state index contributed by atoms with van der Waals surface area (Å²) in [6.07, 6.45) is 0.0831. The molecule has 0 radical (unpaired) electrons. The number of hydrogen-bond donors (Lipinski definition) is 0. The largest absolute Gasteiger partial charge is 0.490 e. The Morgan fingerprint density at radius 1 is 0.960 bits per heavy atom. The molecule has 0 spiro atoms. The molecule has 0 aliphatic carbocycles. The molecule has 0 fully saturated rings. The highest BCUT2D eigenvalue weighted by Gasteiger charge is 2.35. The number of carbonyl (C=O) groups excluding carboxylic acids is 3. The lowest BCUT2D eigenvalue weighted by Crippen LogP contribution is -2.40. The number of rotatable bonds is 3. The summed E-state index contributed by atoms with van der Waals surface area (Å²) in [6.45, 7) is 0.957. The molecule has 0 N–H and O–H groups in total. The van der Waals surface area contributed by atoms with E-state index in [1.54, 1.807) is 29.2 Å². The maximum atomic E-state index is 12.6. The molecule has 0 aromatic heterocycles. The normalized spacial score (nSPS) is 15.7. The SMILES string of the molecule is O=C1c2ccccc2C(=O)N1CCC(=O)N1CCOc2ccccc21. The smallest absolute Gasteiger partial charge is 0.261 e. The second-order valence-corrected chi connectivity index (χ2v) is 5.92. The van der Waals surface area contributed by atoms with E-state index in [1.165, 1.54) is 0 Å². The Kier molecular flexibility index (Phi) is 3.72. The van der Waals surface area contributed by atoms with Crippen LogP contribution in [0.2, 0.25) is 0 Å². The predicted octanol–water partition coefficient (Wildman–Crippen LogP) is 2.10. The number of para-hydroxylation sites is 2. The molecule has 25 heavy (non-hydrogen) atoms. The van der Waals surface area contributed by atoms with Crippen LogP contribution in [0.5, 0.6) is 5.75 Å². The molecule has 2 aliphatic rings. The number of carbonyl (C=O) groups is 3. The van der Waals surface area contributed by atoms with E-state index in [4.69, 9.17) is 4.74 Å². The lowest BCUT2D eigenvalue weighted by molar-refractivity contribution is -0.118. The lowest BCUT2D eigenvalue weighted by atomic mass is 10.1. The van der Waals surface area contributed by atoms with Crippen LogP contribution < -0.4 is 9.64 Å². The van der Waals surface area contributed by atoms with Crippen LogP contribution in [-0.2, 0) is 4.79 Å². The molecule has 0 atom stereocenters. The molecule has 2 aromatic rings. The summed E-state index contributed by atoms with van der Waals surface area (Å²) in [5, 5.41) is 0. The van der Waals surface area contributed by atoms with Gasteiger partial charge in [-0.2, -0.15) is 0 Å². The van der Waals surface area contributed by atoms with E-state index in [2.05, 4.69) is 0 Å². The number of anilines is 1. The van der Waals surface area contributed by atoms with E-state index < -0.39 is 0 Å². The van der Waals surface area contributed by atoms with E-state index >= 15 is 0 Å². The zero-order chi connectivity index (χ0) is 17.4. The predicted molar refractivity (Wildman–Crippen MR) is 90.7 cm³/mol. The number of ether oxygens (including phenoxy) is 1. The highest BCUT2D eigenvalue weighted by molar-refractivity contribution is 6.21. The summed E-state index contributed by atoms with van der Waals surface area (Å²) in [4.78, 5) is 40.1. The van der Waals surface area contributed by atoms with Gasteiger partial charge >= 0.3 is 0 Å². The zero-order valence-corrected chi connectivity index (χ0v) is 13.5. The van der Waals surface area contributed by atoms with Crippen LogP contribution in [0.1, 0.15) is 27.1 Å². The molecule has 2 aliphatic heterocycles. The van der Waals surface area contributed by atoms with Crippen LogP contribution in [-0.4, -0.2) is 42.3 Å². The van der Waals surface area contributed by atoms with Gasteiger partial charge < -0.3 is 9.64 Å². The summed E-state index contributed by atoms with van der Waals surface area (Å²) < 4.78 is 5.55. The molecule has 0 saturated carbocycles. The molecule has 3 amide bonds. The first-order chi connectivity index (χ1) is 12.2. The summed E-state index contributed by atoms with van der Waals surface area (Å²) in [5.74, 6) is -0.137. The molecule has 2 aromatic carbocycles. The standard InChI is InChI=1S/C19H16N2O4/c22-17(20-11-12-25-16-8-4-3-7-15(16)20)9-10-21-18(23)13-5-1-2-6-14(13)19(21)24/h1-8H,9-12H2. The maximum absolute atomic E-state index is 12.6. The van der Waals surface area contributed by atoms with Crippen LogP contribution >= 0.6 is 0 Å². The van der Waals surface area contributed by atoms with Gasteiger partial charge in [-0.25, -0.2) is 0 Å². The summed E-state index contributed by atoms with van der Waals surface area (Å²) >= 11 is 0. The van der Waals surface area contributed by atoms with Gasteiger partial charge in [0.05, 0.1) is 23.4 Å². The molecular formula is C19H16N2O4. The second kappa shape index (κ2) is 6.05. The van der Waals surface area contributed by atoms with Gasteiger partial charge in [-0.3, -0.25) is 19.3 Å². The fourth-order valence-corrected chi connectivity index (χ4v) is 3.21. The van der Waals surface area contributed by atoms with E-state index in [0.29, 0.717) is 30.0 Å². The maximum Gasteiger partial charge on any atom is 0.261 e. The average molecular weight is 336 g/mol. The van der Waals surface area contributed by atoms with Crippen LogP contribution in [0.4, 0.5) is 5.69 Å². The van der Waals surface area contributed by atoms with Crippen molar-refractivity contribution in [2.75, 3.05) is 24.6 Å². The Balaban J connectivity index is 1.47. The summed E-state index contributed by atoms with van der Waals surface area (Å²) in [6, 6.07) is 14.1. The average Bonchev–Trinajstić information content (AvgIpc) is 2.90. The third-order valence-electron chi connectivity index (χ3n) is 4.46. The van der Waals surface area contributed by atoms with Crippen molar-refractivity contribution in [3.63, 3.8) is 0 Å². The van der Waals surface area contributed by atoms with Gasteiger partial charge in [-0.1, -0.05) is 24.3 Å². The molecule has 0 unspecified atom stereocenters. The Bertz CT molecular complexity index is 842. The fraction of sp³-hybridized carbons (Fsp3) is 0.211. The number of hydrogen-bond acceptors (Lipinski definition) is 4. The van der Waals surface area contributed by atoms with Crippen molar-refractivity contribution in [3.05, 3.63) is 59.7 Å². The third kappa shape index (κ3) is 2.55. The number of imide groups is 1. The van der Waals surface area contributed by atoms with Crippen molar-refractivity contribution in [1.29, 1.82) is 0 Å². The monoisotopic (exact) mass is 336 g/mol. The van der Waals surface area contributed by atoms with E-state index in [1.807, 2.05) is 24.3 Å². The number of benzene rings is 2. The van der Waals surface area contributed by atoms with Gasteiger partial charge in [0.15, 0.2) is 0 Å². The van der Waals surface area contributed by atoms with Crippen molar-refractivity contribution < 1.29 is 19.1 Å². The highest BCUT2D eigenvalue weighted by atomic mass is 16.5. The molecule has 126 valence electrons. The summed E-state index contributed by atoms with van der Waals surface area (Å²) in [5.41, 5.74) is 1.52. The molecule has 2 heterocycles. The van der Waals surface area contributed by atoms with Crippen LogP contribution in [0.25, 0.3) is 0 Å². The van der Waals surface area contributed by atoms with Crippen molar-refractivity contribution in [2.24, 2.45) is 0 Å². The van der Waals surface area contributed by atoms with Crippen molar-refractivity contribution in [1.82, 2.24) is 4.90 Å². The first-order valence-electron chi connectivity index (χ1n) is 8.14. The molecule has 4 rings (SSSR count). The van der Waals surface area contributed by atoms with Gasteiger partial charge in [0.1, 0.15) is 12.4 Å². The highest BCUT2D eigenvalue weighted by Crippen LogP contribution is 2.31. The minimum absolute atomic E-state index is 0.0741. The molecule has 6 nitrogen and oxygen atoms in total. The molecule has 0 bridgehead atoms. The second-order valence-electron chi connectivity index (χ2n) is 5.92. The van der Waals surface area contributed by atoms with Gasteiger partial charge in [-0.15, -0.1) is 0 Å². The Morgan fingerprint density at radius 3 is 2.32 bits per heavy atom. The van der Waals surface area contributed by atoms with Gasteiger partial charge in [0, 0.05) is 13.0 Å². The van der Waals surface area contributed by atoms with E-state index in [-0.39, 0.29) is 30.7 Å². The van der Waals surface area contributed by atoms with Crippen molar-refractivity contribution in [2.45, 2.75) is 6.42 Å². The van der Waals surface area contributed by atoms with Crippen LogP contribution in [0.15, 0.2) is 48.5 Å². The number of nitrogens with zero attached hydrogens (tertiary/aromatic N) is 2. The minimum Gasteiger partial charge on any atom is -0.490 e. The molecular weight excluding hydrogens is 320 g/mol. The van der Waals surface area contributed by atoms with Gasteiger partial charge in [0.2, 0.25) is 5.91 Å². The minimum atomic E-state index is -0.337. The van der Waals surface area contributed by atoms with Crippen molar-refractivity contribution >= 4 is 23.4 Å². The molecule has 6 heteroatoms. The van der Waals surface area contributed by atoms with Gasteiger partial charge in [0.25, 0.3) is 11.8 Å². The zero-order valence-electron chi connectivity index (χ0n) is 13.5. The Labute approximate surface area is 144 Å². The van der Waals surface area contributed by atoms with E-state index in [0.717, 1.165) is 10.6 Å². The van der Waals surface area contributed by atoms with Gasteiger partial charge in [-0.05, 0) is 24.3 Å². The Morgan fingerprint density at radius 2 is 1.60 bits per heavy atom. The van der Waals surface area contributed by atoms with Crippen molar-refractivity contribution in [3.8, 4) is 5.75 Å². The topological polar surface area (TPSA) is 66.9 Å². The number of amides is 3. The van der Waals surface area contributed by atoms with Crippen LogP contribution in [0.3, 0.4) is 0 Å². The Hall–Kier alpha value is -3.15. The fourth-order valence-electron chi connectivity index (χ4n) is 3.21. The third-order valence-corrected chi connectivity index (χ3v) is 4.46. The quantitative estimate of drug-likeness (QED) is 0.805. The molecule has 0 saturated heterocycles. The van der Waals surface area contributed by atoms with Crippen LogP contribution in [0, 0.1) is 0 Å². The first kappa shape index (κ1) is 15.4. The first-order valence-corrected chi connectivity index (χ1v) is 8.14. The lowest BCUT2D eigenvalue weighted by Gasteiger charge is -2.29. The van der Waals surface area contributed by atoms with E-state index in [9.17, 15) is 14.4 Å². The number of fused-ring (bicyclic) bond motifs is 2. The summed E-state index contributed by atoms with van der Waals surface area (Å²) in [7, 11) is 0.